The molecule has 2 saturated carbocycles. The summed E-state index contributed by atoms with van der Waals surface area (Å²) < 4.78 is 0. The monoisotopic (exact) mass is 559 g/mol. The van der Waals surface area contributed by atoms with Crippen LogP contribution in [0.5, 0.6) is 5.75 Å². The second kappa shape index (κ2) is 10.0. The van der Waals surface area contributed by atoms with Gasteiger partial charge in [-0.05, 0) is 50.0 Å². The zero-order valence-corrected chi connectivity index (χ0v) is 23.3. The molecule has 3 aliphatic carbocycles. The fourth-order valence-corrected chi connectivity index (χ4v) is 6.95. The first-order valence-electron chi connectivity index (χ1n) is 13.4. The van der Waals surface area contributed by atoms with Gasteiger partial charge in [-0.2, -0.15) is 0 Å². The summed E-state index contributed by atoms with van der Waals surface area (Å²) in [5.74, 6) is -10.6. The van der Waals surface area contributed by atoms with Gasteiger partial charge < -0.3 is 20.8 Å². The molecule has 2 aromatic carbocycles. The number of aromatic hydroxyl groups is 1. The Balaban J connectivity index is 1.64. The lowest BCUT2D eigenvalue weighted by Crippen LogP contribution is -2.74. The highest BCUT2D eigenvalue weighted by Crippen LogP contribution is 2.52. The van der Waals surface area contributed by atoms with Crippen molar-refractivity contribution in [3.05, 3.63) is 58.7 Å². The van der Waals surface area contributed by atoms with Crippen molar-refractivity contribution in [2.24, 2.45) is 29.4 Å². The molecular formula is C31H33N3O7. The van der Waals surface area contributed by atoms with Crippen LogP contribution in [0.2, 0.25) is 0 Å². The summed E-state index contributed by atoms with van der Waals surface area (Å²) in [6, 6.07) is 10.0. The van der Waals surface area contributed by atoms with E-state index in [0.29, 0.717) is 16.8 Å². The van der Waals surface area contributed by atoms with E-state index in [4.69, 9.17) is 5.73 Å². The van der Waals surface area contributed by atoms with E-state index in [2.05, 4.69) is 0 Å². The Labute approximate surface area is 237 Å². The number of ketones is 4. The van der Waals surface area contributed by atoms with Gasteiger partial charge in [-0.1, -0.05) is 42.5 Å². The molecule has 2 aromatic rings. The molecule has 10 nitrogen and oxygen atoms in total. The fraction of sp³-hybridized carbons (Fsp3) is 0.387. The van der Waals surface area contributed by atoms with Gasteiger partial charge in [0.1, 0.15) is 5.75 Å². The van der Waals surface area contributed by atoms with Crippen LogP contribution in [0.3, 0.4) is 0 Å². The first kappa shape index (κ1) is 28.4. The topological polar surface area (TPSA) is 158 Å². The molecule has 10 heteroatoms. The number of nitrogens with zero attached hydrogens (tertiary/aromatic N) is 2. The van der Waals surface area contributed by atoms with Crippen molar-refractivity contribution in [3.63, 3.8) is 0 Å². The molecule has 214 valence electrons. The van der Waals surface area contributed by atoms with Crippen LogP contribution in [0, 0.1) is 23.7 Å². The largest absolute Gasteiger partial charge is 0.507 e. The molecule has 0 spiro atoms. The summed E-state index contributed by atoms with van der Waals surface area (Å²) in [6.07, 6.45) is 3.68. The molecule has 2 fully saturated rings. The maximum atomic E-state index is 14.1. The van der Waals surface area contributed by atoms with E-state index in [9.17, 15) is 34.2 Å². The second-order valence-electron chi connectivity index (χ2n) is 11.6. The van der Waals surface area contributed by atoms with Gasteiger partial charge in [0.2, 0.25) is 5.91 Å². The molecule has 0 radical (unpaired) electrons. The zero-order chi connectivity index (χ0) is 30.0. The van der Waals surface area contributed by atoms with Crippen molar-refractivity contribution in [1.82, 2.24) is 4.90 Å². The van der Waals surface area contributed by atoms with E-state index in [1.807, 2.05) is 49.3 Å². The number of Topliss-reactive ketones (excluding diaryl/α,β-unsaturated/α-hetero) is 4. The van der Waals surface area contributed by atoms with Crippen molar-refractivity contribution in [2.75, 3.05) is 33.1 Å². The lowest BCUT2D eigenvalue weighted by Gasteiger charge is -2.52. The van der Waals surface area contributed by atoms with E-state index in [1.54, 1.807) is 32.3 Å². The molecule has 3 aliphatic rings. The Morgan fingerprint density at radius 1 is 1.02 bits per heavy atom. The number of amides is 1. The summed E-state index contributed by atoms with van der Waals surface area (Å²) in [7, 11) is 6.73. The first-order chi connectivity index (χ1) is 19.3. The van der Waals surface area contributed by atoms with Crippen molar-refractivity contribution < 1.29 is 34.2 Å². The third kappa shape index (κ3) is 4.20. The van der Waals surface area contributed by atoms with E-state index in [-0.39, 0.29) is 24.2 Å². The van der Waals surface area contributed by atoms with Gasteiger partial charge in [0.05, 0.1) is 17.5 Å². The van der Waals surface area contributed by atoms with Crippen molar-refractivity contribution in [1.29, 1.82) is 0 Å². The highest BCUT2D eigenvalue weighted by molar-refractivity contribution is 6.32. The number of primary amides is 1. The highest BCUT2D eigenvalue weighted by atomic mass is 16.3. The number of likely N-dealkylation sites (N-methyl/N-ethyl adjacent to an activating group) is 1. The summed E-state index contributed by atoms with van der Waals surface area (Å²) in [5, 5.41) is 23.1. The normalized spacial score (nSPS) is 29.4. The molecule has 6 atom stereocenters. The number of anilines is 1. The number of phenols is 1. The Morgan fingerprint density at radius 2 is 1.68 bits per heavy atom. The van der Waals surface area contributed by atoms with Crippen molar-refractivity contribution in [3.8, 4) is 5.75 Å². The molecule has 0 aromatic heterocycles. The van der Waals surface area contributed by atoms with Crippen molar-refractivity contribution >= 4 is 46.9 Å². The molecule has 4 N–H and O–H groups in total. The van der Waals surface area contributed by atoms with Gasteiger partial charge in [-0.3, -0.25) is 28.9 Å². The Bertz CT molecular complexity index is 1510. The first-order valence-corrected chi connectivity index (χ1v) is 13.4. The maximum absolute atomic E-state index is 14.1. The standard InChI is InChI=1S/C31H33N3O7/c1-33(2)20-14-16(11-10-15-8-6-5-7-9-15)25(35)22-18(20)12-17-13-19-24(34(3)4)27(37)23(30(32)40)29(39)31(19,41)28(38)21(17)26(22)36/h5-11,14,17,19,21,23-24,35,41H,12-13H2,1-4H3,(H2,32,40)/b11-10+/t17-,19-,21?,23?,24-,31-/m1/s1. The third-order valence-corrected chi connectivity index (χ3v) is 8.80. The van der Waals surface area contributed by atoms with Crippen LogP contribution >= 0.6 is 0 Å². The second-order valence-corrected chi connectivity index (χ2v) is 11.6. The number of phenolic OH excluding ortho intramolecular Hbond substituents is 1. The van der Waals surface area contributed by atoms with Crippen LogP contribution in [0.1, 0.15) is 33.5 Å². The average Bonchev–Trinajstić information content (AvgIpc) is 2.90. The molecule has 5 rings (SSSR count). The fourth-order valence-electron chi connectivity index (χ4n) is 6.95. The maximum Gasteiger partial charge on any atom is 0.235 e. The van der Waals surface area contributed by atoms with E-state index in [0.717, 1.165) is 5.56 Å². The number of aliphatic hydroxyl groups is 1. The van der Waals surface area contributed by atoms with Gasteiger partial charge in [0, 0.05) is 31.3 Å². The van der Waals surface area contributed by atoms with E-state index >= 15 is 0 Å². The summed E-state index contributed by atoms with van der Waals surface area (Å²) in [6.45, 7) is 0. The highest BCUT2D eigenvalue weighted by Gasteiger charge is 2.69. The number of nitrogens with two attached hydrogens (primary N) is 1. The molecule has 0 saturated heterocycles. The number of hydrogen-bond acceptors (Lipinski definition) is 9. The number of rotatable bonds is 5. The van der Waals surface area contributed by atoms with E-state index < -0.39 is 64.4 Å². The van der Waals surface area contributed by atoms with Gasteiger partial charge in [0.25, 0.3) is 0 Å². The minimum Gasteiger partial charge on any atom is -0.507 e. The molecule has 0 bridgehead atoms. The summed E-state index contributed by atoms with van der Waals surface area (Å²) in [5.41, 5.74) is 5.07. The van der Waals surface area contributed by atoms with Gasteiger partial charge in [0.15, 0.2) is 34.7 Å². The smallest absolute Gasteiger partial charge is 0.235 e. The molecule has 0 aliphatic heterocycles. The van der Waals surface area contributed by atoms with Crippen LogP contribution in [0.4, 0.5) is 5.69 Å². The molecule has 0 heterocycles. The van der Waals surface area contributed by atoms with Crippen LogP contribution in [-0.4, -0.2) is 84.0 Å². The third-order valence-electron chi connectivity index (χ3n) is 8.80. The number of carbonyl (C=O) groups is 5. The van der Waals surface area contributed by atoms with Gasteiger partial charge in [-0.15, -0.1) is 0 Å². The number of benzene rings is 2. The molecule has 1 amide bonds. The summed E-state index contributed by atoms with van der Waals surface area (Å²) >= 11 is 0. The Hall–Kier alpha value is -4.15. The van der Waals surface area contributed by atoms with E-state index in [1.165, 1.54) is 4.90 Å². The SMILES string of the molecule is CN(C)c1cc(/C=C/c2ccccc2)c(O)c2c1C[C@@H]1C[C@@H]3[C@@H](N(C)C)C(=O)C(C(N)=O)C(=O)[C@]3(O)C(=O)C1C2=O. The summed E-state index contributed by atoms with van der Waals surface area (Å²) in [4.78, 5) is 70.2. The predicted octanol–water partition coefficient (Wildman–Crippen LogP) is 1.10. The van der Waals surface area contributed by atoms with Crippen LogP contribution in [-0.2, 0) is 25.6 Å². The Morgan fingerprint density at radius 3 is 2.27 bits per heavy atom. The van der Waals surface area contributed by atoms with Gasteiger partial charge in [-0.25, -0.2) is 0 Å². The minimum absolute atomic E-state index is 0.00713. The zero-order valence-electron chi connectivity index (χ0n) is 23.3. The average molecular weight is 560 g/mol. The quantitative estimate of drug-likeness (QED) is 0.360. The lowest BCUT2D eigenvalue weighted by molar-refractivity contribution is -0.181. The van der Waals surface area contributed by atoms with Gasteiger partial charge >= 0.3 is 0 Å². The molecular weight excluding hydrogens is 526 g/mol. The minimum atomic E-state index is -2.75. The molecule has 2 unspecified atom stereocenters. The number of fused-ring (bicyclic) bond motifs is 3. The molecule has 41 heavy (non-hydrogen) atoms. The Kier molecular flexibility index (Phi) is 6.95. The van der Waals surface area contributed by atoms with Crippen molar-refractivity contribution in [2.45, 2.75) is 24.5 Å². The lowest BCUT2D eigenvalue weighted by atomic mass is 9.52. The predicted molar refractivity (Wildman–Crippen MR) is 151 cm³/mol. The van der Waals surface area contributed by atoms with Crippen LogP contribution in [0.15, 0.2) is 36.4 Å². The number of hydrogen-bond donors (Lipinski definition) is 3. The van der Waals surface area contributed by atoms with Crippen LogP contribution in [0.25, 0.3) is 12.2 Å². The number of carbonyl (C=O) groups excluding carboxylic acids is 5. The van der Waals surface area contributed by atoms with Crippen LogP contribution < -0.4 is 10.6 Å².